The molecule has 0 bridgehead atoms. The Hall–Kier alpha value is -1.78. The second-order valence-electron chi connectivity index (χ2n) is 8.01. The molecule has 24 heavy (non-hydrogen) atoms. The van der Waals surface area contributed by atoms with Crippen LogP contribution in [-0.4, -0.2) is 34.4 Å². The molecule has 0 radical (unpaired) electrons. The first-order valence-electron chi connectivity index (χ1n) is 8.95. The van der Waals surface area contributed by atoms with Gasteiger partial charge in [0.05, 0.1) is 12.6 Å². The summed E-state index contributed by atoms with van der Waals surface area (Å²) in [5.74, 6) is -0.0357. The van der Waals surface area contributed by atoms with Gasteiger partial charge < -0.3 is 14.8 Å². The first-order valence-corrected chi connectivity index (χ1v) is 8.95. The lowest BCUT2D eigenvalue weighted by molar-refractivity contribution is -0.135. The highest BCUT2D eigenvalue weighted by molar-refractivity contribution is 5.85. The molecular formula is C19H31N3O2. The highest BCUT2D eigenvalue weighted by atomic mass is 16.2. The summed E-state index contributed by atoms with van der Waals surface area (Å²) >= 11 is 0. The van der Waals surface area contributed by atoms with Crippen molar-refractivity contribution in [3.05, 3.63) is 24.0 Å². The van der Waals surface area contributed by atoms with Gasteiger partial charge in [-0.05, 0) is 30.4 Å². The number of carbonyl (C=O) groups is 2. The Morgan fingerprint density at radius 1 is 1.25 bits per heavy atom. The topological polar surface area (TPSA) is 54.3 Å². The van der Waals surface area contributed by atoms with Crippen LogP contribution in [0.2, 0.25) is 0 Å². The molecule has 134 valence electrons. The van der Waals surface area contributed by atoms with E-state index >= 15 is 0 Å². The van der Waals surface area contributed by atoms with E-state index in [9.17, 15) is 9.59 Å². The third-order valence-corrected chi connectivity index (χ3v) is 4.53. The minimum absolute atomic E-state index is 0.0189. The van der Waals surface area contributed by atoms with E-state index < -0.39 is 0 Å². The van der Waals surface area contributed by atoms with E-state index in [1.54, 1.807) is 0 Å². The zero-order valence-corrected chi connectivity index (χ0v) is 15.5. The van der Waals surface area contributed by atoms with Gasteiger partial charge in [0.2, 0.25) is 11.8 Å². The number of nitrogens with one attached hydrogen (secondary N) is 1. The molecule has 0 aliphatic carbocycles. The van der Waals surface area contributed by atoms with Crippen LogP contribution < -0.4 is 5.32 Å². The fourth-order valence-corrected chi connectivity index (χ4v) is 3.35. The van der Waals surface area contributed by atoms with E-state index in [-0.39, 0.29) is 29.8 Å². The van der Waals surface area contributed by atoms with Crippen LogP contribution in [0.1, 0.15) is 64.6 Å². The first-order chi connectivity index (χ1) is 11.3. The van der Waals surface area contributed by atoms with Gasteiger partial charge >= 0.3 is 0 Å². The lowest BCUT2D eigenvalue weighted by Gasteiger charge is -2.31. The first kappa shape index (κ1) is 18.6. The van der Waals surface area contributed by atoms with Crippen molar-refractivity contribution in [1.29, 1.82) is 0 Å². The molecule has 1 aromatic heterocycles. The molecular weight excluding hydrogens is 302 g/mol. The minimum atomic E-state index is -0.0681. The zero-order valence-electron chi connectivity index (χ0n) is 15.5. The predicted molar refractivity (Wildman–Crippen MR) is 95.4 cm³/mol. The number of amides is 2. The van der Waals surface area contributed by atoms with Gasteiger partial charge in [0.25, 0.3) is 0 Å². The Balaban J connectivity index is 2.02. The van der Waals surface area contributed by atoms with Crippen molar-refractivity contribution in [2.75, 3.05) is 13.1 Å². The van der Waals surface area contributed by atoms with Crippen molar-refractivity contribution in [1.82, 2.24) is 14.8 Å². The summed E-state index contributed by atoms with van der Waals surface area (Å²) in [4.78, 5) is 26.7. The van der Waals surface area contributed by atoms with Gasteiger partial charge in [-0.2, -0.15) is 0 Å². The molecule has 1 fully saturated rings. The normalized spacial score (nSPS) is 19.0. The van der Waals surface area contributed by atoms with E-state index in [1.807, 2.05) is 45.0 Å². The number of carbonyl (C=O) groups excluding carboxylic acids is 2. The van der Waals surface area contributed by atoms with E-state index in [1.165, 1.54) is 5.69 Å². The monoisotopic (exact) mass is 333 g/mol. The molecule has 1 atom stereocenters. The molecule has 1 aliphatic rings. The summed E-state index contributed by atoms with van der Waals surface area (Å²) in [6.07, 6.45) is 6.76. The molecule has 5 heteroatoms. The number of nitrogens with zero attached hydrogens (tertiary/aromatic N) is 2. The van der Waals surface area contributed by atoms with Crippen molar-refractivity contribution in [2.24, 2.45) is 12.5 Å². The Morgan fingerprint density at radius 3 is 2.62 bits per heavy atom. The Morgan fingerprint density at radius 2 is 2.00 bits per heavy atom. The Kier molecular flexibility index (Phi) is 6.08. The molecule has 1 N–H and O–H groups in total. The summed E-state index contributed by atoms with van der Waals surface area (Å²) < 4.78 is 2.09. The van der Waals surface area contributed by atoms with Crippen LogP contribution in [0.3, 0.4) is 0 Å². The number of likely N-dealkylation sites (tertiary alicyclic amines) is 1. The van der Waals surface area contributed by atoms with E-state index in [0.29, 0.717) is 6.42 Å². The van der Waals surface area contributed by atoms with Crippen molar-refractivity contribution in [3.8, 4) is 0 Å². The van der Waals surface area contributed by atoms with Gasteiger partial charge in [0.15, 0.2) is 0 Å². The molecule has 0 aromatic carbocycles. The summed E-state index contributed by atoms with van der Waals surface area (Å²) in [6, 6.07) is 4.22. The third-order valence-electron chi connectivity index (χ3n) is 4.53. The van der Waals surface area contributed by atoms with Crippen LogP contribution >= 0.6 is 0 Å². The van der Waals surface area contributed by atoms with Crippen molar-refractivity contribution >= 4 is 11.8 Å². The van der Waals surface area contributed by atoms with Crippen LogP contribution in [0.4, 0.5) is 0 Å². The summed E-state index contributed by atoms with van der Waals surface area (Å²) in [5, 5.41) is 2.80. The van der Waals surface area contributed by atoms with E-state index in [4.69, 9.17) is 0 Å². The molecule has 0 saturated carbocycles. The van der Waals surface area contributed by atoms with Crippen LogP contribution in [0.25, 0.3) is 0 Å². The maximum absolute atomic E-state index is 12.7. The van der Waals surface area contributed by atoms with Gasteiger partial charge in [-0.1, -0.05) is 33.6 Å². The zero-order chi connectivity index (χ0) is 17.7. The highest BCUT2D eigenvalue weighted by Gasteiger charge is 2.28. The number of hydrogen-bond donors (Lipinski definition) is 1. The van der Waals surface area contributed by atoms with Gasteiger partial charge in [0, 0.05) is 31.9 Å². The maximum atomic E-state index is 12.7. The predicted octanol–water partition coefficient (Wildman–Crippen LogP) is 3.02. The molecule has 1 aliphatic heterocycles. The largest absolute Gasteiger partial charge is 0.353 e. The van der Waals surface area contributed by atoms with Gasteiger partial charge in [-0.3, -0.25) is 9.59 Å². The molecule has 1 saturated heterocycles. The lowest BCUT2D eigenvalue weighted by Crippen LogP contribution is -2.43. The number of rotatable bonds is 4. The smallest absolute Gasteiger partial charge is 0.242 e. The Bertz CT molecular complexity index is 571. The summed E-state index contributed by atoms with van der Waals surface area (Å²) in [7, 11) is 2.02. The molecule has 1 unspecified atom stereocenters. The molecule has 2 rings (SSSR count). The average Bonchev–Trinajstić information content (AvgIpc) is 2.76. The van der Waals surface area contributed by atoms with Crippen molar-refractivity contribution in [3.63, 3.8) is 0 Å². The van der Waals surface area contributed by atoms with Gasteiger partial charge in [-0.25, -0.2) is 0 Å². The Labute approximate surface area is 145 Å². The van der Waals surface area contributed by atoms with Crippen molar-refractivity contribution in [2.45, 2.75) is 58.9 Å². The lowest BCUT2D eigenvalue weighted by atomic mass is 9.92. The fraction of sp³-hybridized carbons (Fsp3) is 0.684. The minimum Gasteiger partial charge on any atom is -0.353 e. The average molecular weight is 333 g/mol. The van der Waals surface area contributed by atoms with E-state index in [2.05, 4.69) is 16.0 Å². The van der Waals surface area contributed by atoms with E-state index in [0.717, 1.165) is 32.2 Å². The van der Waals surface area contributed by atoms with Gasteiger partial charge in [0.1, 0.15) is 0 Å². The number of hydrogen-bond acceptors (Lipinski definition) is 2. The summed E-state index contributed by atoms with van der Waals surface area (Å²) in [6.45, 7) is 6.93. The number of aromatic nitrogens is 1. The fourth-order valence-electron chi connectivity index (χ4n) is 3.35. The second kappa shape index (κ2) is 7.86. The molecule has 2 amide bonds. The number of aryl methyl sites for hydroxylation is 1. The van der Waals surface area contributed by atoms with Crippen LogP contribution in [0.5, 0.6) is 0 Å². The van der Waals surface area contributed by atoms with Gasteiger partial charge in [-0.15, -0.1) is 0 Å². The third kappa shape index (κ3) is 5.11. The second-order valence-corrected chi connectivity index (χ2v) is 8.01. The maximum Gasteiger partial charge on any atom is 0.242 e. The molecule has 0 spiro atoms. The molecule has 5 nitrogen and oxygen atoms in total. The van der Waals surface area contributed by atoms with Crippen molar-refractivity contribution < 1.29 is 9.59 Å². The van der Waals surface area contributed by atoms with Crippen LogP contribution in [-0.2, 0) is 16.6 Å². The summed E-state index contributed by atoms with van der Waals surface area (Å²) in [5.41, 5.74) is 1.10. The SMILES string of the molecule is Cn1cccc1C1CCCCCN1C(=O)CNC(=O)CC(C)(C)C. The van der Waals surface area contributed by atoms with Crippen LogP contribution in [0.15, 0.2) is 18.3 Å². The quantitative estimate of drug-likeness (QED) is 0.921. The highest BCUT2D eigenvalue weighted by Crippen LogP contribution is 2.30. The molecule has 1 aromatic rings. The van der Waals surface area contributed by atoms with Crippen LogP contribution in [0, 0.1) is 5.41 Å². The standard InChI is InChI=1S/C19H31N3O2/c1-19(2,3)13-17(23)20-14-18(24)22-12-7-5-6-9-16(22)15-10-8-11-21(15)4/h8,10-11,16H,5-7,9,12-14H2,1-4H3,(H,20,23). The molecule has 2 heterocycles.